The number of aromatic hydroxyl groups is 1. The minimum Gasteiger partial charge on any atom is -0.508 e. The van der Waals surface area contributed by atoms with Gasteiger partial charge in [0, 0.05) is 28.5 Å². The fourth-order valence-corrected chi connectivity index (χ4v) is 7.59. The van der Waals surface area contributed by atoms with E-state index in [1.54, 1.807) is 27.1 Å². The predicted octanol–water partition coefficient (Wildman–Crippen LogP) is 2.18. The smallest absolute Gasteiger partial charge is 0.255 e. The number of hydrogen-bond acceptors (Lipinski definition) is 9. The number of carbonyl (C=O) groups is 3. The number of primary amides is 1. The molecule has 8 N–H and O–H groups in total. The minimum absolute atomic E-state index is 0.0196. The second-order valence-corrected chi connectivity index (χ2v) is 12.3. The van der Waals surface area contributed by atoms with Crippen LogP contribution in [0.2, 0.25) is 0 Å². The van der Waals surface area contributed by atoms with Crippen LogP contribution in [0.25, 0.3) is 16.9 Å². The highest BCUT2D eigenvalue weighted by Crippen LogP contribution is 2.63. The molecule has 10 nitrogen and oxygen atoms in total. The molecule has 2 aromatic rings. The molecule has 0 heterocycles. The molecule has 3 aliphatic rings. The average Bonchev–Trinajstić information content (AvgIpc) is 2.86. The summed E-state index contributed by atoms with van der Waals surface area (Å²) >= 11 is 0. The van der Waals surface area contributed by atoms with Crippen LogP contribution < -0.4 is 11.5 Å². The normalized spacial score (nSPS) is 29.4. The lowest BCUT2D eigenvalue weighted by Crippen LogP contribution is -2.72. The number of aryl methyl sites for hydroxylation is 1. The number of phenolic OH excluding ortho intramolecular Hbond substituents is 1. The van der Waals surface area contributed by atoms with Crippen LogP contribution in [-0.2, 0) is 27.3 Å². The van der Waals surface area contributed by atoms with Crippen molar-refractivity contribution in [3.63, 3.8) is 0 Å². The zero-order chi connectivity index (χ0) is 30.4. The Bertz CT molecular complexity index is 1610. The topological polar surface area (TPSA) is 187 Å². The summed E-state index contributed by atoms with van der Waals surface area (Å²) in [5.74, 6) is -5.13. The summed E-state index contributed by atoms with van der Waals surface area (Å²) in [4.78, 5) is 41.7. The highest BCUT2D eigenvalue weighted by Gasteiger charge is 2.72. The number of rotatable bonds is 4. The molecule has 5 rings (SSSR count). The summed E-state index contributed by atoms with van der Waals surface area (Å²) in [7, 11) is 3.14. The first-order valence-electron chi connectivity index (χ1n) is 13.4. The van der Waals surface area contributed by atoms with Gasteiger partial charge in [0.25, 0.3) is 5.91 Å². The molecule has 3 aliphatic carbocycles. The molecule has 1 saturated carbocycles. The van der Waals surface area contributed by atoms with Crippen LogP contribution in [0.1, 0.15) is 42.5 Å². The average molecular weight is 562 g/mol. The van der Waals surface area contributed by atoms with E-state index in [-0.39, 0.29) is 36.3 Å². The molecule has 216 valence electrons. The highest BCUT2D eigenvalue weighted by molar-refractivity contribution is 6.25. The summed E-state index contributed by atoms with van der Waals surface area (Å²) in [6.07, 6.45) is 0.112. The van der Waals surface area contributed by atoms with Crippen molar-refractivity contribution in [3.8, 4) is 16.9 Å². The van der Waals surface area contributed by atoms with Crippen molar-refractivity contribution in [2.75, 3.05) is 14.1 Å². The number of nitrogens with two attached hydrogens (primary N) is 2. The predicted molar refractivity (Wildman–Crippen MR) is 152 cm³/mol. The van der Waals surface area contributed by atoms with Gasteiger partial charge in [-0.15, -0.1) is 0 Å². The molecule has 4 atom stereocenters. The second kappa shape index (κ2) is 9.01. The van der Waals surface area contributed by atoms with E-state index in [1.807, 2.05) is 31.2 Å². The van der Waals surface area contributed by atoms with E-state index in [0.717, 1.165) is 11.1 Å². The molecule has 0 aliphatic heterocycles. The number of likely N-dealkylation sites (N-methyl/N-ethyl adjacent to an activating group) is 1. The highest BCUT2D eigenvalue weighted by atomic mass is 16.3. The molecule has 0 aromatic heterocycles. The van der Waals surface area contributed by atoms with Crippen molar-refractivity contribution < 1.29 is 34.8 Å². The van der Waals surface area contributed by atoms with Gasteiger partial charge in [-0.1, -0.05) is 43.7 Å². The van der Waals surface area contributed by atoms with Crippen LogP contribution in [-0.4, -0.2) is 68.5 Å². The maximum atomic E-state index is 14.4. The molecule has 2 aromatic carbocycles. The number of hydrogen-bond donors (Lipinski definition) is 6. The SMILES string of the molecule is Cc1ccc(-c2cc(CN)c(O)c3c2C[C@@]2(C)C[C@@]4(C)[C@H](N(C)C)C(=O)C(C(N)=O)=C(O)[C@@]4(O)C(=O)C2=C3O)cc1. The van der Waals surface area contributed by atoms with Crippen molar-refractivity contribution in [1.82, 2.24) is 4.90 Å². The van der Waals surface area contributed by atoms with Crippen molar-refractivity contribution in [2.45, 2.75) is 51.8 Å². The number of benzene rings is 2. The van der Waals surface area contributed by atoms with Gasteiger partial charge >= 0.3 is 0 Å². The molecular formula is C31H35N3O7. The van der Waals surface area contributed by atoms with E-state index < -0.39 is 57.0 Å². The van der Waals surface area contributed by atoms with Gasteiger partial charge < -0.3 is 31.9 Å². The quantitative estimate of drug-likeness (QED) is 0.304. The number of carbonyl (C=O) groups excluding carboxylic acids is 3. The molecule has 10 heteroatoms. The van der Waals surface area contributed by atoms with Crippen molar-refractivity contribution in [1.29, 1.82) is 0 Å². The largest absolute Gasteiger partial charge is 0.508 e. The van der Waals surface area contributed by atoms with Crippen molar-refractivity contribution in [2.24, 2.45) is 22.3 Å². The van der Waals surface area contributed by atoms with E-state index in [1.165, 1.54) is 11.8 Å². The molecule has 41 heavy (non-hydrogen) atoms. The van der Waals surface area contributed by atoms with Crippen LogP contribution in [0.4, 0.5) is 0 Å². The zero-order valence-corrected chi connectivity index (χ0v) is 23.7. The van der Waals surface area contributed by atoms with Gasteiger partial charge in [-0.2, -0.15) is 0 Å². The Morgan fingerprint density at radius 1 is 1.10 bits per heavy atom. The standard InChI is InChI=1S/C31H35N3O7/c1-14-6-8-15(9-7-14)17-10-16(12-32)22(35)19-18(17)11-29(2)13-30(3)25(34(4)5)24(37)20(28(33)40)26(38)31(30,41)27(39)21(29)23(19)36/h6-10,25,35-36,38,41H,11-13,32H2,1-5H3,(H2,33,40)/t25-,29+,30+,31-/m1/s1. The minimum atomic E-state index is -2.76. The van der Waals surface area contributed by atoms with Crippen LogP contribution in [0, 0.1) is 17.8 Å². The Balaban J connectivity index is 1.86. The van der Waals surface area contributed by atoms with Gasteiger partial charge in [0.05, 0.1) is 11.6 Å². The third-order valence-electron chi connectivity index (χ3n) is 9.29. The monoisotopic (exact) mass is 561 g/mol. The Labute approximate surface area is 237 Å². The van der Waals surface area contributed by atoms with Gasteiger partial charge in [0.2, 0.25) is 5.78 Å². The van der Waals surface area contributed by atoms with E-state index >= 15 is 0 Å². The lowest BCUT2D eigenvalue weighted by atomic mass is 9.46. The van der Waals surface area contributed by atoms with E-state index in [9.17, 15) is 34.8 Å². The number of ketones is 2. The number of aliphatic hydroxyl groups is 3. The number of amides is 1. The molecule has 0 spiro atoms. The summed E-state index contributed by atoms with van der Waals surface area (Å²) in [6.45, 7) is 5.18. The third kappa shape index (κ3) is 3.57. The Hall–Kier alpha value is -3.99. The summed E-state index contributed by atoms with van der Waals surface area (Å²) in [5, 5.41) is 46.3. The van der Waals surface area contributed by atoms with Gasteiger partial charge in [0.15, 0.2) is 11.4 Å². The number of aliphatic hydroxyl groups excluding tert-OH is 2. The Morgan fingerprint density at radius 2 is 1.71 bits per heavy atom. The van der Waals surface area contributed by atoms with Gasteiger partial charge in [-0.25, -0.2) is 0 Å². The number of fused-ring (bicyclic) bond motifs is 3. The number of Topliss-reactive ketones (excluding diaryl/α,β-unsaturated/α-hetero) is 2. The number of nitrogens with zero attached hydrogens (tertiary/aromatic N) is 1. The Morgan fingerprint density at radius 3 is 2.24 bits per heavy atom. The lowest BCUT2D eigenvalue weighted by Gasteiger charge is -2.59. The molecule has 0 saturated heterocycles. The maximum absolute atomic E-state index is 14.4. The number of phenols is 1. The van der Waals surface area contributed by atoms with Gasteiger partial charge in [-0.3, -0.25) is 19.3 Å². The van der Waals surface area contributed by atoms with Crippen LogP contribution in [0.5, 0.6) is 5.75 Å². The first-order chi connectivity index (χ1) is 19.0. The van der Waals surface area contributed by atoms with Crippen LogP contribution in [0.3, 0.4) is 0 Å². The van der Waals surface area contributed by atoms with E-state index in [4.69, 9.17) is 11.5 Å². The molecule has 0 unspecified atom stereocenters. The van der Waals surface area contributed by atoms with Crippen LogP contribution >= 0.6 is 0 Å². The van der Waals surface area contributed by atoms with Gasteiger partial charge in [0.1, 0.15) is 22.8 Å². The molecule has 1 amide bonds. The van der Waals surface area contributed by atoms with E-state index in [2.05, 4.69) is 0 Å². The third-order valence-corrected chi connectivity index (χ3v) is 9.29. The summed E-state index contributed by atoms with van der Waals surface area (Å²) < 4.78 is 0. The molecule has 0 bridgehead atoms. The van der Waals surface area contributed by atoms with Gasteiger partial charge in [-0.05, 0) is 56.6 Å². The summed E-state index contributed by atoms with van der Waals surface area (Å²) in [6, 6.07) is 8.28. The molecular weight excluding hydrogens is 526 g/mol. The van der Waals surface area contributed by atoms with Crippen molar-refractivity contribution in [3.05, 3.63) is 69.5 Å². The summed E-state index contributed by atoms with van der Waals surface area (Å²) in [5.41, 5.74) is 8.28. The fraction of sp³-hybridized carbons (Fsp3) is 0.387. The lowest BCUT2D eigenvalue weighted by molar-refractivity contribution is -0.175. The Kier molecular flexibility index (Phi) is 6.27. The second-order valence-electron chi connectivity index (χ2n) is 12.3. The molecule has 0 radical (unpaired) electrons. The fourth-order valence-electron chi connectivity index (χ4n) is 7.59. The maximum Gasteiger partial charge on any atom is 0.255 e. The van der Waals surface area contributed by atoms with Crippen molar-refractivity contribution >= 4 is 23.2 Å². The molecule has 1 fully saturated rings. The first kappa shape index (κ1) is 28.5. The van der Waals surface area contributed by atoms with Crippen LogP contribution in [0.15, 0.2) is 47.2 Å². The first-order valence-corrected chi connectivity index (χ1v) is 13.4. The van der Waals surface area contributed by atoms with E-state index in [0.29, 0.717) is 16.7 Å². The zero-order valence-electron chi connectivity index (χ0n) is 23.7.